The Bertz CT molecular complexity index is 522. The third kappa shape index (κ3) is 4.66. The van der Waals surface area contributed by atoms with Gasteiger partial charge in [0.05, 0.1) is 6.10 Å². The zero-order valence-electron chi connectivity index (χ0n) is 12.0. The van der Waals surface area contributed by atoms with E-state index in [1.807, 2.05) is 12.3 Å². The summed E-state index contributed by atoms with van der Waals surface area (Å²) in [5, 5.41) is 10.1. The van der Waals surface area contributed by atoms with Crippen molar-refractivity contribution in [2.45, 2.75) is 37.7 Å². The second-order valence-electron chi connectivity index (χ2n) is 4.99. The van der Waals surface area contributed by atoms with Crippen LogP contribution in [-0.2, 0) is 12.8 Å². The van der Waals surface area contributed by atoms with Crippen molar-refractivity contribution >= 4 is 11.8 Å². The molecular formula is C17H21NOS. The van der Waals surface area contributed by atoms with Crippen LogP contribution in [-0.4, -0.2) is 21.9 Å². The van der Waals surface area contributed by atoms with Crippen molar-refractivity contribution in [2.75, 3.05) is 5.75 Å². The highest BCUT2D eigenvalue weighted by Gasteiger charge is 2.07. The summed E-state index contributed by atoms with van der Waals surface area (Å²) >= 11 is 1.69. The van der Waals surface area contributed by atoms with Crippen LogP contribution >= 0.6 is 11.8 Å². The molecule has 1 atom stereocenters. The fourth-order valence-electron chi connectivity index (χ4n) is 1.91. The first-order chi connectivity index (χ1) is 9.67. The first-order valence-electron chi connectivity index (χ1n) is 6.98. The van der Waals surface area contributed by atoms with E-state index in [0.717, 1.165) is 12.1 Å². The van der Waals surface area contributed by atoms with Gasteiger partial charge in [0.2, 0.25) is 0 Å². The molecule has 3 heteroatoms. The molecular weight excluding hydrogens is 266 g/mol. The first-order valence-corrected chi connectivity index (χ1v) is 7.97. The largest absolute Gasteiger partial charge is 0.392 e. The Balaban J connectivity index is 1.82. The second-order valence-corrected chi connectivity index (χ2v) is 6.09. The number of pyridine rings is 1. The molecule has 20 heavy (non-hydrogen) atoms. The first kappa shape index (κ1) is 15.1. The molecule has 2 nitrogen and oxygen atoms in total. The van der Waals surface area contributed by atoms with E-state index in [2.05, 4.69) is 49.2 Å². The van der Waals surface area contributed by atoms with Crippen molar-refractivity contribution in [3.05, 3.63) is 59.4 Å². The Morgan fingerprint density at radius 3 is 2.50 bits per heavy atom. The summed E-state index contributed by atoms with van der Waals surface area (Å²) in [6.07, 6.45) is 3.15. The van der Waals surface area contributed by atoms with Crippen molar-refractivity contribution < 1.29 is 5.11 Å². The van der Waals surface area contributed by atoms with E-state index in [4.69, 9.17) is 0 Å². The predicted molar refractivity (Wildman–Crippen MR) is 85.2 cm³/mol. The number of aromatic nitrogens is 1. The molecule has 2 aromatic rings. The van der Waals surface area contributed by atoms with Gasteiger partial charge in [0, 0.05) is 29.0 Å². The molecule has 0 saturated carbocycles. The molecule has 0 aliphatic carbocycles. The van der Waals surface area contributed by atoms with Gasteiger partial charge in [-0.05, 0) is 37.1 Å². The zero-order valence-corrected chi connectivity index (χ0v) is 12.9. The monoisotopic (exact) mass is 287 g/mol. The molecule has 0 fully saturated rings. The third-order valence-corrected chi connectivity index (χ3v) is 4.36. The van der Waals surface area contributed by atoms with Crippen LogP contribution in [0.5, 0.6) is 0 Å². The average molecular weight is 287 g/mol. The summed E-state index contributed by atoms with van der Waals surface area (Å²) < 4.78 is 0. The van der Waals surface area contributed by atoms with Gasteiger partial charge in [-0.1, -0.05) is 30.7 Å². The molecule has 0 amide bonds. The van der Waals surface area contributed by atoms with E-state index in [1.54, 1.807) is 11.8 Å². The van der Waals surface area contributed by atoms with E-state index in [1.165, 1.54) is 16.0 Å². The molecule has 1 aromatic carbocycles. The minimum atomic E-state index is -0.360. The van der Waals surface area contributed by atoms with Crippen molar-refractivity contribution in [2.24, 2.45) is 0 Å². The molecule has 0 aliphatic heterocycles. The van der Waals surface area contributed by atoms with E-state index in [9.17, 15) is 5.11 Å². The number of nitrogens with zero attached hydrogens (tertiary/aromatic N) is 1. The number of thioether (sulfide) groups is 1. The van der Waals surface area contributed by atoms with Crippen LogP contribution in [0.15, 0.2) is 47.5 Å². The topological polar surface area (TPSA) is 33.1 Å². The Labute approximate surface area is 125 Å². The summed E-state index contributed by atoms with van der Waals surface area (Å²) in [7, 11) is 0. The van der Waals surface area contributed by atoms with Crippen LogP contribution in [0.2, 0.25) is 0 Å². The van der Waals surface area contributed by atoms with Gasteiger partial charge in [-0.3, -0.25) is 4.98 Å². The van der Waals surface area contributed by atoms with Crippen molar-refractivity contribution in [1.29, 1.82) is 0 Å². The van der Waals surface area contributed by atoms with Crippen LogP contribution < -0.4 is 0 Å². The van der Waals surface area contributed by atoms with Crippen LogP contribution in [0.1, 0.15) is 23.7 Å². The van der Waals surface area contributed by atoms with Gasteiger partial charge in [0.25, 0.3) is 0 Å². The summed E-state index contributed by atoms with van der Waals surface area (Å²) in [4.78, 5) is 5.58. The molecule has 1 unspecified atom stereocenters. The van der Waals surface area contributed by atoms with Crippen molar-refractivity contribution in [3.8, 4) is 0 Å². The van der Waals surface area contributed by atoms with E-state index in [-0.39, 0.29) is 6.10 Å². The highest BCUT2D eigenvalue weighted by atomic mass is 32.2. The quantitative estimate of drug-likeness (QED) is 0.823. The number of hydrogen-bond donors (Lipinski definition) is 1. The minimum Gasteiger partial charge on any atom is -0.392 e. The molecule has 106 valence electrons. The SMILES string of the molecule is CCc1ccc(CC(O)CSc2ccc(C)cc2)nc1. The molecule has 0 aliphatic rings. The van der Waals surface area contributed by atoms with Crippen LogP contribution in [0.25, 0.3) is 0 Å². The number of benzene rings is 1. The Morgan fingerprint density at radius 2 is 1.90 bits per heavy atom. The Hall–Kier alpha value is -1.32. The molecule has 0 spiro atoms. The Kier molecular flexibility index (Phi) is 5.62. The predicted octanol–water partition coefficient (Wildman–Crippen LogP) is 3.65. The Morgan fingerprint density at radius 1 is 1.15 bits per heavy atom. The maximum Gasteiger partial charge on any atom is 0.0689 e. The van der Waals surface area contributed by atoms with E-state index < -0.39 is 0 Å². The summed E-state index contributed by atoms with van der Waals surface area (Å²) in [5.41, 5.74) is 3.45. The number of rotatable bonds is 6. The molecule has 1 heterocycles. The summed E-state index contributed by atoms with van der Waals surface area (Å²) in [6, 6.07) is 12.5. The second kappa shape index (κ2) is 7.46. The zero-order chi connectivity index (χ0) is 14.4. The minimum absolute atomic E-state index is 0.360. The molecule has 1 aromatic heterocycles. The number of aryl methyl sites for hydroxylation is 2. The number of aliphatic hydroxyl groups is 1. The molecule has 0 bridgehead atoms. The van der Waals surface area contributed by atoms with Crippen LogP contribution in [0.4, 0.5) is 0 Å². The van der Waals surface area contributed by atoms with E-state index in [0.29, 0.717) is 12.2 Å². The van der Waals surface area contributed by atoms with Gasteiger partial charge in [-0.2, -0.15) is 0 Å². The maximum absolute atomic E-state index is 10.1. The molecule has 0 radical (unpaired) electrons. The standard InChI is InChI=1S/C17H21NOS/c1-3-14-6-7-15(18-11-14)10-16(19)12-20-17-8-4-13(2)5-9-17/h4-9,11,16,19H,3,10,12H2,1-2H3. The third-order valence-electron chi connectivity index (χ3n) is 3.20. The summed E-state index contributed by atoms with van der Waals surface area (Å²) in [5.74, 6) is 0.695. The van der Waals surface area contributed by atoms with Gasteiger partial charge < -0.3 is 5.11 Å². The van der Waals surface area contributed by atoms with Gasteiger partial charge in [-0.15, -0.1) is 11.8 Å². The van der Waals surface area contributed by atoms with Gasteiger partial charge >= 0.3 is 0 Å². The highest BCUT2D eigenvalue weighted by Crippen LogP contribution is 2.20. The smallest absolute Gasteiger partial charge is 0.0689 e. The van der Waals surface area contributed by atoms with Gasteiger partial charge in [-0.25, -0.2) is 0 Å². The lowest BCUT2D eigenvalue weighted by molar-refractivity contribution is 0.199. The normalized spacial score (nSPS) is 12.3. The van der Waals surface area contributed by atoms with E-state index >= 15 is 0 Å². The van der Waals surface area contributed by atoms with Crippen molar-refractivity contribution in [3.63, 3.8) is 0 Å². The number of aliphatic hydroxyl groups excluding tert-OH is 1. The average Bonchev–Trinajstić information content (AvgIpc) is 2.47. The fourth-order valence-corrected chi connectivity index (χ4v) is 2.74. The molecule has 2 rings (SSSR count). The fraction of sp³-hybridized carbons (Fsp3) is 0.353. The lowest BCUT2D eigenvalue weighted by Crippen LogP contribution is -2.14. The maximum atomic E-state index is 10.1. The van der Waals surface area contributed by atoms with Crippen LogP contribution in [0.3, 0.4) is 0 Å². The molecule has 0 saturated heterocycles. The number of hydrogen-bond acceptors (Lipinski definition) is 3. The molecule has 1 N–H and O–H groups in total. The summed E-state index contributed by atoms with van der Waals surface area (Å²) in [6.45, 7) is 4.19. The van der Waals surface area contributed by atoms with Crippen molar-refractivity contribution in [1.82, 2.24) is 4.98 Å². The lowest BCUT2D eigenvalue weighted by atomic mass is 10.1. The lowest BCUT2D eigenvalue weighted by Gasteiger charge is -2.10. The van der Waals surface area contributed by atoms with Gasteiger partial charge in [0.15, 0.2) is 0 Å². The highest BCUT2D eigenvalue weighted by molar-refractivity contribution is 7.99. The van der Waals surface area contributed by atoms with Gasteiger partial charge in [0.1, 0.15) is 0 Å². The van der Waals surface area contributed by atoms with Crippen LogP contribution in [0, 0.1) is 6.92 Å².